The van der Waals surface area contributed by atoms with Gasteiger partial charge in [0.2, 0.25) is 0 Å². The van der Waals surface area contributed by atoms with Crippen LogP contribution >= 0.6 is 14.3 Å². The van der Waals surface area contributed by atoms with Gasteiger partial charge in [0.05, 0.1) is 31.6 Å². The Morgan fingerprint density at radius 2 is 1.08 bits per heavy atom. The van der Waals surface area contributed by atoms with Crippen LogP contribution in [0.25, 0.3) is 0 Å². The number of alkyl halides is 6. The molecule has 0 amide bonds. The Hall–Kier alpha value is -2.58. The van der Waals surface area contributed by atoms with E-state index in [1.165, 1.54) is 44.5 Å². The average Bonchev–Trinajstić information content (AvgIpc) is 2.74. The molecule has 0 aromatic heterocycles. The van der Waals surface area contributed by atoms with Crippen molar-refractivity contribution in [1.29, 1.82) is 0 Å². The summed E-state index contributed by atoms with van der Waals surface area (Å²) in [6.45, 7) is 8.86. The van der Waals surface area contributed by atoms with E-state index in [1.807, 2.05) is 0 Å². The molecule has 0 aliphatic carbocycles. The molecule has 0 atom stereocenters. The van der Waals surface area contributed by atoms with Gasteiger partial charge < -0.3 is 18.6 Å². The normalized spacial score (nSPS) is 11.8. The lowest BCUT2D eigenvalue weighted by Crippen LogP contribution is -2.15. The number of carbonyl (C=O) groups excluding carboxylic acids is 2. The van der Waals surface area contributed by atoms with Crippen molar-refractivity contribution in [3.05, 3.63) is 59.7 Å². The van der Waals surface area contributed by atoms with Crippen LogP contribution < -0.4 is 9.47 Å². The second kappa shape index (κ2) is 15.3. The summed E-state index contributed by atoms with van der Waals surface area (Å²) in [4.78, 5) is 21.9. The van der Waals surface area contributed by atoms with Crippen molar-refractivity contribution in [2.45, 2.75) is 19.3 Å². The Morgan fingerprint density at radius 1 is 0.718 bits per heavy atom. The average molecular weight is 604 g/mol. The van der Waals surface area contributed by atoms with Crippen LogP contribution in [0.2, 0.25) is 0 Å². The summed E-state index contributed by atoms with van der Waals surface area (Å²) >= 11 is 0. The molecule has 2 aromatic rings. The standard InChI is InChI=1S/C12H14F3O3P.C10H9F3O2.C3H9OP/c1-19(2,17)8-10(16)7-18-11-5-3-4-9(6-11)12(13,14)15;1-7(14)6-15-9-4-2-3-8(5-9)10(11,12)13;1-5(2,3)4/h3-6H,7-8H2,1-2H3;2-5H,6H2,1H3;1-3H3. The van der Waals surface area contributed by atoms with Crippen molar-refractivity contribution in [3.63, 3.8) is 0 Å². The van der Waals surface area contributed by atoms with Gasteiger partial charge in [-0.2, -0.15) is 26.3 Å². The third-order valence-corrected chi connectivity index (χ3v) is 4.84. The maximum atomic E-state index is 12.4. The monoisotopic (exact) mass is 604 g/mol. The molecule has 6 nitrogen and oxygen atoms in total. The molecule has 0 saturated carbocycles. The quantitative estimate of drug-likeness (QED) is 0.234. The number of halogens is 6. The molecule has 0 fully saturated rings. The highest BCUT2D eigenvalue weighted by Gasteiger charge is 2.31. The Bertz CT molecular complexity index is 1170. The first-order chi connectivity index (χ1) is 17.5. The maximum Gasteiger partial charge on any atom is 0.416 e. The number of benzene rings is 2. The van der Waals surface area contributed by atoms with Crippen LogP contribution in [0.15, 0.2) is 48.5 Å². The predicted octanol–water partition coefficient (Wildman–Crippen LogP) is 7.19. The topological polar surface area (TPSA) is 86.7 Å². The van der Waals surface area contributed by atoms with Crippen LogP contribution in [0.5, 0.6) is 11.5 Å². The van der Waals surface area contributed by atoms with Gasteiger partial charge >= 0.3 is 12.4 Å². The van der Waals surface area contributed by atoms with Gasteiger partial charge in [-0.05, 0) is 76.6 Å². The van der Waals surface area contributed by atoms with Crippen molar-refractivity contribution >= 4 is 25.9 Å². The molecule has 14 heteroatoms. The lowest BCUT2D eigenvalue weighted by Gasteiger charge is -2.10. The van der Waals surface area contributed by atoms with Crippen LogP contribution in [0, 0.1) is 0 Å². The molecular formula is C25H32F6O6P2. The van der Waals surface area contributed by atoms with E-state index in [0.717, 1.165) is 24.3 Å². The van der Waals surface area contributed by atoms with E-state index < -0.39 is 43.5 Å². The van der Waals surface area contributed by atoms with E-state index in [0.29, 0.717) is 0 Å². The molecule has 0 unspecified atom stereocenters. The Labute approximate surface area is 223 Å². The molecule has 39 heavy (non-hydrogen) atoms. The van der Waals surface area contributed by atoms with Gasteiger partial charge in [-0.15, -0.1) is 0 Å². The van der Waals surface area contributed by atoms with Crippen LogP contribution in [0.4, 0.5) is 26.3 Å². The van der Waals surface area contributed by atoms with Crippen molar-refractivity contribution in [1.82, 2.24) is 0 Å². The van der Waals surface area contributed by atoms with Crippen LogP contribution in [-0.2, 0) is 31.1 Å². The second-order valence-corrected chi connectivity index (χ2v) is 16.7. The summed E-state index contributed by atoms with van der Waals surface area (Å²) in [7, 11) is -4.13. The smallest absolute Gasteiger partial charge is 0.416 e. The summed E-state index contributed by atoms with van der Waals surface area (Å²) in [5.41, 5.74) is -1.63. The zero-order valence-electron chi connectivity index (χ0n) is 22.4. The van der Waals surface area contributed by atoms with Crippen molar-refractivity contribution < 1.29 is 54.5 Å². The fourth-order valence-electron chi connectivity index (χ4n) is 2.34. The number of hydrogen-bond donors (Lipinski definition) is 0. The van der Waals surface area contributed by atoms with Crippen molar-refractivity contribution in [2.75, 3.05) is 52.7 Å². The zero-order chi connectivity index (χ0) is 30.7. The lowest BCUT2D eigenvalue weighted by atomic mass is 10.2. The first-order valence-corrected chi connectivity index (χ1v) is 17.0. The summed E-state index contributed by atoms with van der Waals surface area (Å²) < 4.78 is 105. The highest BCUT2D eigenvalue weighted by molar-refractivity contribution is 7.63. The number of Topliss-reactive ketones (excluding diaryl/α,β-unsaturated/α-hetero) is 2. The molecule has 0 saturated heterocycles. The van der Waals surface area contributed by atoms with Gasteiger partial charge in [-0.3, -0.25) is 9.59 Å². The summed E-state index contributed by atoms with van der Waals surface area (Å²) in [5, 5.41) is 0. The molecule has 0 bridgehead atoms. The first kappa shape index (κ1) is 36.4. The molecule has 0 aliphatic rings. The van der Waals surface area contributed by atoms with Crippen LogP contribution in [0.1, 0.15) is 18.1 Å². The van der Waals surface area contributed by atoms with E-state index in [-0.39, 0.29) is 36.7 Å². The fourth-order valence-corrected chi connectivity index (χ4v) is 3.28. The molecule has 2 aromatic carbocycles. The minimum atomic E-state index is -4.45. The highest BCUT2D eigenvalue weighted by Crippen LogP contribution is 2.35. The van der Waals surface area contributed by atoms with Crippen molar-refractivity contribution in [2.24, 2.45) is 0 Å². The van der Waals surface area contributed by atoms with Gasteiger partial charge in [0.15, 0.2) is 11.6 Å². The second-order valence-electron chi connectivity index (χ2n) is 9.49. The highest BCUT2D eigenvalue weighted by atomic mass is 31.2. The Morgan fingerprint density at radius 3 is 1.38 bits per heavy atom. The third-order valence-electron chi connectivity index (χ3n) is 3.72. The Balaban J connectivity index is 0.000000643. The van der Waals surface area contributed by atoms with Gasteiger partial charge in [-0.25, -0.2) is 0 Å². The molecule has 0 heterocycles. The van der Waals surface area contributed by atoms with E-state index >= 15 is 0 Å². The van der Waals surface area contributed by atoms with Gasteiger partial charge in [0.25, 0.3) is 0 Å². The zero-order valence-corrected chi connectivity index (χ0v) is 24.1. The van der Waals surface area contributed by atoms with E-state index in [4.69, 9.17) is 9.47 Å². The molecule has 0 radical (unpaired) electrons. The van der Waals surface area contributed by atoms with E-state index in [1.54, 1.807) is 20.0 Å². The number of rotatable bonds is 8. The molecular weight excluding hydrogens is 572 g/mol. The predicted molar refractivity (Wildman–Crippen MR) is 139 cm³/mol. The third kappa shape index (κ3) is 20.0. The van der Waals surface area contributed by atoms with Gasteiger partial charge in [0, 0.05) is 0 Å². The van der Waals surface area contributed by atoms with Crippen LogP contribution in [-0.4, -0.2) is 64.3 Å². The molecule has 2 rings (SSSR count). The number of ether oxygens (including phenoxy) is 2. The molecule has 0 spiro atoms. The number of hydrogen-bond acceptors (Lipinski definition) is 6. The maximum absolute atomic E-state index is 12.4. The van der Waals surface area contributed by atoms with E-state index in [9.17, 15) is 45.1 Å². The Kier molecular flexibility index (Phi) is 14.3. The first-order valence-electron chi connectivity index (χ1n) is 11.1. The number of ketones is 2. The SMILES string of the molecule is CC(=O)COc1cccc(C(F)(F)F)c1.CP(C)(=O)CC(=O)COc1cccc(C(F)(F)F)c1.CP(C)(C)=O. The van der Waals surface area contributed by atoms with Gasteiger partial charge in [0.1, 0.15) is 24.7 Å². The molecule has 0 N–H and O–H groups in total. The van der Waals surface area contributed by atoms with E-state index in [2.05, 4.69) is 0 Å². The summed E-state index contributed by atoms with van der Waals surface area (Å²) in [5.74, 6) is -0.636. The number of carbonyl (C=O) groups is 2. The summed E-state index contributed by atoms with van der Waals surface area (Å²) in [6, 6.07) is 8.69. The van der Waals surface area contributed by atoms with Gasteiger partial charge in [-0.1, -0.05) is 12.1 Å². The lowest BCUT2D eigenvalue weighted by molar-refractivity contribution is -0.138. The minimum absolute atomic E-state index is 0.0368. The van der Waals surface area contributed by atoms with Crippen molar-refractivity contribution in [3.8, 4) is 11.5 Å². The largest absolute Gasteiger partial charge is 0.486 e. The fraction of sp³-hybridized carbons (Fsp3) is 0.440. The van der Waals surface area contributed by atoms with Crippen LogP contribution in [0.3, 0.4) is 0 Å². The minimum Gasteiger partial charge on any atom is -0.486 e. The molecule has 220 valence electrons. The summed E-state index contributed by atoms with van der Waals surface area (Å²) in [6.07, 6.45) is -8.96. The molecule has 0 aliphatic heterocycles.